The lowest BCUT2D eigenvalue weighted by molar-refractivity contribution is 0.517. The highest BCUT2D eigenvalue weighted by molar-refractivity contribution is 5.47. The quantitative estimate of drug-likeness (QED) is 0.729. The molecule has 0 atom stereocenters. The third-order valence-corrected chi connectivity index (χ3v) is 3.89. The van der Waals surface area contributed by atoms with E-state index < -0.39 is 5.41 Å². The van der Waals surface area contributed by atoms with E-state index in [1.54, 1.807) is 0 Å². The molecule has 0 radical (unpaired) electrons. The van der Waals surface area contributed by atoms with Crippen LogP contribution in [0.25, 0.3) is 0 Å². The first-order valence-corrected chi connectivity index (χ1v) is 6.61. The fourth-order valence-electron chi connectivity index (χ4n) is 2.76. The van der Waals surface area contributed by atoms with Crippen molar-refractivity contribution >= 4 is 0 Å². The molecule has 0 saturated heterocycles. The number of nitrogens with zero attached hydrogens (tertiary/aromatic N) is 1. The second-order valence-corrected chi connectivity index (χ2v) is 5.15. The Kier molecular flexibility index (Phi) is 3.71. The molecule has 0 saturated carbocycles. The van der Waals surface area contributed by atoms with Gasteiger partial charge in [0.2, 0.25) is 0 Å². The van der Waals surface area contributed by atoms with Crippen LogP contribution in [0.2, 0.25) is 0 Å². The summed E-state index contributed by atoms with van der Waals surface area (Å²) >= 11 is 0. The van der Waals surface area contributed by atoms with Crippen LogP contribution in [0.15, 0.2) is 60.2 Å². The fraction of sp³-hybridized carbons (Fsp3) is 0.278. The van der Waals surface area contributed by atoms with Gasteiger partial charge in [0.15, 0.2) is 0 Å². The van der Waals surface area contributed by atoms with Crippen molar-refractivity contribution in [1.82, 2.24) is 0 Å². The molecule has 0 bridgehead atoms. The third kappa shape index (κ3) is 2.39. The van der Waals surface area contributed by atoms with Crippen LogP contribution >= 0.6 is 0 Å². The number of benzene rings is 1. The van der Waals surface area contributed by atoms with E-state index in [0.29, 0.717) is 0 Å². The summed E-state index contributed by atoms with van der Waals surface area (Å²) in [7, 11) is 0. The van der Waals surface area contributed by atoms with Crippen LogP contribution < -0.4 is 0 Å². The molecule has 1 heteroatoms. The molecule has 0 fully saturated rings. The van der Waals surface area contributed by atoms with Gasteiger partial charge in [0, 0.05) is 0 Å². The Morgan fingerprint density at radius 1 is 1.32 bits per heavy atom. The van der Waals surface area contributed by atoms with Crippen molar-refractivity contribution in [2.75, 3.05) is 0 Å². The minimum Gasteiger partial charge on any atom is -0.197 e. The molecule has 0 heterocycles. The van der Waals surface area contributed by atoms with Crippen molar-refractivity contribution in [3.05, 3.63) is 71.3 Å². The Hall–Kier alpha value is -2.07. The first kappa shape index (κ1) is 13.4. The molecule has 1 aliphatic rings. The first-order valence-electron chi connectivity index (χ1n) is 6.61. The van der Waals surface area contributed by atoms with Gasteiger partial charge in [-0.05, 0) is 43.4 Å². The van der Waals surface area contributed by atoms with Crippen LogP contribution in [0.1, 0.15) is 25.0 Å². The molecular weight excluding hydrogens is 230 g/mol. The monoisotopic (exact) mass is 249 g/mol. The highest BCUT2D eigenvalue weighted by Gasteiger charge is 2.39. The van der Waals surface area contributed by atoms with E-state index in [9.17, 15) is 5.26 Å². The van der Waals surface area contributed by atoms with Crippen LogP contribution in [0.4, 0.5) is 0 Å². The molecule has 96 valence electrons. The molecular formula is C18H19N. The summed E-state index contributed by atoms with van der Waals surface area (Å²) in [4.78, 5) is 0. The van der Waals surface area contributed by atoms with Crippen molar-refractivity contribution < 1.29 is 0 Å². The molecule has 0 unspecified atom stereocenters. The summed E-state index contributed by atoms with van der Waals surface area (Å²) in [6, 6.07) is 10.9. The second-order valence-electron chi connectivity index (χ2n) is 5.15. The highest BCUT2D eigenvalue weighted by Crippen LogP contribution is 2.42. The summed E-state index contributed by atoms with van der Waals surface area (Å²) in [5.41, 5.74) is 4.38. The number of fused-ring (bicyclic) bond motifs is 1. The summed E-state index contributed by atoms with van der Waals surface area (Å²) in [6.45, 7) is 7.81. The largest absolute Gasteiger partial charge is 0.197 e. The molecule has 0 N–H and O–H groups in total. The SMILES string of the molecule is C=C/C(C)=C\C(=C/C)C1(C#N)Cc2ccccc2C1. The van der Waals surface area contributed by atoms with Gasteiger partial charge in [-0.15, -0.1) is 0 Å². The first-order chi connectivity index (χ1) is 9.15. The predicted molar refractivity (Wildman–Crippen MR) is 79.6 cm³/mol. The molecule has 1 aliphatic carbocycles. The van der Waals surface area contributed by atoms with Crippen LogP contribution in [-0.2, 0) is 12.8 Å². The third-order valence-electron chi connectivity index (χ3n) is 3.89. The van der Waals surface area contributed by atoms with Gasteiger partial charge in [-0.3, -0.25) is 0 Å². The molecule has 0 aromatic heterocycles. The fourth-order valence-corrected chi connectivity index (χ4v) is 2.76. The Balaban J connectivity index is 2.43. The maximum Gasteiger partial charge on any atom is 0.0899 e. The van der Waals surface area contributed by atoms with E-state index >= 15 is 0 Å². The Morgan fingerprint density at radius 3 is 2.32 bits per heavy atom. The lowest BCUT2D eigenvalue weighted by Gasteiger charge is -2.22. The standard InChI is InChI=1S/C18H19N/c1-4-14(3)10-17(5-2)18(13-19)11-15-8-6-7-9-16(15)12-18/h4-10H,1,11-12H2,2-3H3/b14-10-,17-5+. The van der Waals surface area contributed by atoms with Gasteiger partial charge in [-0.1, -0.05) is 54.6 Å². The summed E-state index contributed by atoms with van der Waals surface area (Å²) in [5, 5.41) is 9.73. The maximum atomic E-state index is 9.73. The van der Waals surface area contributed by atoms with Crippen molar-refractivity contribution in [3.63, 3.8) is 0 Å². The average Bonchev–Trinajstić information content (AvgIpc) is 2.84. The Morgan fingerprint density at radius 2 is 1.89 bits per heavy atom. The average molecular weight is 249 g/mol. The van der Waals surface area contributed by atoms with Crippen molar-refractivity contribution in [2.24, 2.45) is 5.41 Å². The molecule has 1 nitrogen and oxygen atoms in total. The van der Waals surface area contributed by atoms with Gasteiger partial charge in [-0.25, -0.2) is 0 Å². The van der Waals surface area contributed by atoms with Crippen molar-refractivity contribution in [1.29, 1.82) is 5.26 Å². The predicted octanol–water partition coefficient (Wildman–Crippen LogP) is 4.37. The van der Waals surface area contributed by atoms with E-state index in [1.165, 1.54) is 11.1 Å². The van der Waals surface area contributed by atoms with Gasteiger partial charge in [0.1, 0.15) is 0 Å². The molecule has 19 heavy (non-hydrogen) atoms. The maximum absolute atomic E-state index is 9.73. The highest BCUT2D eigenvalue weighted by atomic mass is 14.4. The van der Waals surface area contributed by atoms with E-state index in [4.69, 9.17) is 0 Å². The number of hydrogen-bond acceptors (Lipinski definition) is 1. The molecule has 0 amide bonds. The van der Waals surface area contributed by atoms with E-state index in [0.717, 1.165) is 24.0 Å². The van der Waals surface area contributed by atoms with Crippen LogP contribution in [0.5, 0.6) is 0 Å². The number of hydrogen-bond donors (Lipinski definition) is 0. The zero-order valence-corrected chi connectivity index (χ0v) is 11.6. The summed E-state index contributed by atoms with van der Waals surface area (Å²) in [5.74, 6) is 0. The van der Waals surface area contributed by atoms with Crippen molar-refractivity contribution in [2.45, 2.75) is 26.7 Å². The number of allylic oxidation sites excluding steroid dienone is 5. The van der Waals surface area contributed by atoms with E-state index in [2.05, 4.69) is 36.9 Å². The van der Waals surface area contributed by atoms with Gasteiger partial charge >= 0.3 is 0 Å². The number of rotatable bonds is 3. The van der Waals surface area contributed by atoms with Crippen LogP contribution in [-0.4, -0.2) is 0 Å². The zero-order valence-electron chi connectivity index (χ0n) is 11.6. The van der Waals surface area contributed by atoms with Gasteiger partial charge in [-0.2, -0.15) is 5.26 Å². The Labute approximate surface area is 115 Å². The topological polar surface area (TPSA) is 23.8 Å². The summed E-state index contributed by atoms with van der Waals surface area (Å²) in [6.07, 6.45) is 7.58. The van der Waals surface area contributed by atoms with Gasteiger partial charge in [0.05, 0.1) is 11.5 Å². The van der Waals surface area contributed by atoms with Crippen LogP contribution in [0, 0.1) is 16.7 Å². The number of nitriles is 1. The minimum atomic E-state index is -0.414. The Bertz CT molecular complexity index is 571. The molecule has 2 rings (SSSR count). The molecule has 1 aromatic carbocycles. The van der Waals surface area contributed by atoms with Gasteiger partial charge < -0.3 is 0 Å². The smallest absolute Gasteiger partial charge is 0.0899 e. The summed E-state index contributed by atoms with van der Waals surface area (Å²) < 4.78 is 0. The molecule has 0 spiro atoms. The molecule has 1 aromatic rings. The normalized spacial score (nSPS) is 17.7. The van der Waals surface area contributed by atoms with Crippen LogP contribution in [0.3, 0.4) is 0 Å². The zero-order chi connectivity index (χ0) is 13.9. The molecule has 0 aliphatic heterocycles. The van der Waals surface area contributed by atoms with Gasteiger partial charge in [0.25, 0.3) is 0 Å². The van der Waals surface area contributed by atoms with E-state index in [-0.39, 0.29) is 0 Å². The lowest BCUT2D eigenvalue weighted by Crippen LogP contribution is -2.21. The van der Waals surface area contributed by atoms with Crippen molar-refractivity contribution in [3.8, 4) is 6.07 Å². The minimum absolute atomic E-state index is 0.414. The second kappa shape index (κ2) is 5.28. The van der Waals surface area contributed by atoms with E-state index in [1.807, 2.05) is 32.1 Å². The lowest BCUT2D eigenvalue weighted by atomic mass is 9.77.